The molecule has 0 aliphatic rings. The molecule has 0 spiro atoms. The average molecular weight is 162 g/mol. The summed E-state index contributed by atoms with van der Waals surface area (Å²) in [7, 11) is 0. The zero-order valence-corrected chi connectivity index (χ0v) is 5.52. The van der Waals surface area contributed by atoms with E-state index in [1.165, 1.54) is 0 Å². The Morgan fingerprint density at radius 2 is 1.25 bits per heavy atom. The van der Waals surface area contributed by atoms with Crippen LogP contribution >= 0.6 is 0 Å². The molecule has 9 nitrogen and oxygen atoms in total. The normalized spacial score (nSPS) is 9.67. The first-order chi connectivity index (χ1) is 5.97. The topological polar surface area (TPSA) is 116 Å². The van der Waals surface area contributed by atoms with Crippen molar-refractivity contribution in [3.8, 4) is 11.6 Å². The van der Waals surface area contributed by atoms with Crippen LogP contribution in [0.2, 0.25) is 0 Å². The highest BCUT2D eigenvalue weighted by molar-refractivity contribution is 5.37. The molecule has 0 N–H and O–H groups in total. The van der Waals surface area contributed by atoms with E-state index in [2.05, 4.69) is 52.6 Å². The predicted octanol–water partition coefficient (Wildman–Crippen LogP) is -2.29. The molecule has 0 aromatic carbocycles. The maximum absolute atomic E-state index is 3.54. The summed E-state index contributed by atoms with van der Waals surface area (Å²) in [6, 6.07) is 0. The molecular weight excluding hydrogens is 162 g/mol. The van der Waals surface area contributed by atoms with Crippen molar-refractivity contribution in [3.05, 3.63) is 6.33 Å². The molecule has 0 aliphatic heterocycles. The van der Waals surface area contributed by atoms with E-state index in [1.807, 2.05) is 0 Å². The second kappa shape index (κ2) is 2.82. The van der Waals surface area contributed by atoms with E-state index in [0.717, 1.165) is 0 Å². The van der Waals surface area contributed by atoms with Crippen molar-refractivity contribution >= 4 is 0 Å². The maximum Gasteiger partial charge on any atom is 0.248 e. The first-order valence-corrected chi connectivity index (χ1v) is 2.79. The minimum absolute atomic E-state index is 0.124. The first-order valence-electron chi connectivity index (χ1n) is 2.79. The lowest BCUT2D eigenvalue weighted by Gasteiger charge is -1.88. The largest absolute Gasteiger partial charge is 0.248 e. The highest BCUT2D eigenvalue weighted by Gasteiger charge is 2.05. The number of aromatic nitrogens is 9. The van der Waals surface area contributed by atoms with E-state index in [4.69, 9.17) is 0 Å². The number of hydrogen-bond donors (Lipinski definition) is 0. The molecule has 0 atom stereocenters. The standard InChI is InChI=1S/C3N9/c1-4-6-2(7-5-1)3-8-10-12-11-9-3. The Balaban J connectivity index is 2.46. The molecular formula is C3N9. The van der Waals surface area contributed by atoms with Gasteiger partial charge in [0.1, 0.15) is 0 Å². The molecule has 0 amide bonds. The second-order valence-corrected chi connectivity index (χ2v) is 1.62. The van der Waals surface area contributed by atoms with Gasteiger partial charge in [0.05, 0.1) is 0 Å². The minimum atomic E-state index is 0.124. The molecule has 12 heavy (non-hydrogen) atoms. The fourth-order valence-electron chi connectivity index (χ4n) is 0.521. The van der Waals surface area contributed by atoms with Crippen LogP contribution in [-0.2, 0) is 0 Å². The molecule has 0 saturated heterocycles. The van der Waals surface area contributed by atoms with E-state index < -0.39 is 0 Å². The van der Waals surface area contributed by atoms with Gasteiger partial charge in [0, 0.05) is 0 Å². The van der Waals surface area contributed by atoms with Gasteiger partial charge in [-0.3, -0.25) is 0 Å². The molecule has 0 aliphatic carbocycles. The predicted molar refractivity (Wildman–Crippen MR) is 30.9 cm³/mol. The molecule has 0 unspecified atom stereocenters. The van der Waals surface area contributed by atoms with Gasteiger partial charge in [0.25, 0.3) is 0 Å². The molecule has 2 rings (SSSR count). The van der Waals surface area contributed by atoms with Crippen LogP contribution in [-0.4, -0.2) is 46.2 Å². The Kier molecular flexibility index (Phi) is 1.53. The van der Waals surface area contributed by atoms with Gasteiger partial charge in [0.2, 0.25) is 18.0 Å². The molecule has 1 radical (unpaired) electrons. The van der Waals surface area contributed by atoms with Gasteiger partial charge in [-0.25, -0.2) is 0 Å². The smallest absolute Gasteiger partial charge is 0.122 e. The Hall–Kier alpha value is -2.19. The summed E-state index contributed by atoms with van der Waals surface area (Å²) in [5.74, 6) is 0.259. The van der Waals surface area contributed by atoms with Gasteiger partial charge >= 0.3 is 0 Å². The number of rotatable bonds is 1. The summed E-state index contributed by atoms with van der Waals surface area (Å²) in [6.45, 7) is 0. The van der Waals surface area contributed by atoms with E-state index >= 15 is 0 Å². The van der Waals surface area contributed by atoms with Gasteiger partial charge in [0.15, 0.2) is 0 Å². The van der Waals surface area contributed by atoms with Crippen molar-refractivity contribution in [1.82, 2.24) is 46.2 Å². The molecule has 0 bridgehead atoms. The highest BCUT2D eigenvalue weighted by Crippen LogP contribution is 1.98. The van der Waals surface area contributed by atoms with Crippen LogP contribution in [0.25, 0.3) is 11.6 Å². The van der Waals surface area contributed by atoms with Crippen molar-refractivity contribution in [2.45, 2.75) is 0 Å². The lowest BCUT2D eigenvalue weighted by atomic mass is 10.6. The second-order valence-electron chi connectivity index (χ2n) is 1.62. The molecule has 2 heterocycles. The quantitative estimate of drug-likeness (QED) is 0.456. The Morgan fingerprint density at radius 3 is 1.92 bits per heavy atom. The molecule has 9 heteroatoms. The van der Waals surface area contributed by atoms with Crippen molar-refractivity contribution in [1.29, 1.82) is 0 Å². The van der Waals surface area contributed by atoms with Crippen molar-refractivity contribution in [2.75, 3.05) is 0 Å². The Bertz CT molecular complexity index is 307. The van der Waals surface area contributed by atoms with Crippen LogP contribution in [0.4, 0.5) is 0 Å². The van der Waals surface area contributed by atoms with Crippen molar-refractivity contribution < 1.29 is 0 Å². The van der Waals surface area contributed by atoms with Crippen LogP contribution in [0.5, 0.6) is 0 Å². The van der Waals surface area contributed by atoms with E-state index in [-0.39, 0.29) is 11.6 Å². The fraction of sp³-hybridized carbons (Fsp3) is 0. The summed E-state index contributed by atoms with van der Waals surface area (Å²) in [5.41, 5.74) is 0. The average Bonchev–Trinajstić information content (AvgIpc) is 2.21. The first kappa shape index (κ1) is 6.52. The summed E-state index contributed by atoms with van der Waals surface area (Å²) >= 11 is 0. The van der Waals surface area contributed by atoms with Gasteiger partial charge in [-0.15, -0.1) is 30.6 Å². The third-order valence-electron chi connectivity index (χ3n) is 0.938. The SMILES string of the molecule is [c]1nnc(-c2nnnnn2)nn1. The van der Waals surface area contributed by atoms with Gasteiger partial charge in [-0.05, 0) is 15.6 Å². The van der Waals surface area contributed by atoms with Crippen LogP contribution < -0.4 is 0 Å². The van der Waals surface area contributed by atoms with E-state index in [9.17, 15) is 0 Å². The Labute approximate surface area is 65.3 Å². The lowest BCUT2D eigenvalue weighted by Crippen LogP contribution is -2.03. The number of nitrogens with zero attached hydrogens (tertiary/aromatic N) is 9. The van der Waals surface area contributed by atoms with Crippen molar-refractivity contribution in [2.24, 2.45) is 0 Å². The molecule has 57 valence electrons. The molecule has 0 fully saturated rings. The summed E-state index contributed by atoms with van der Waals surface area (Å²) in [4.78, 5) is 0. The van der Waals surface area contributed by atoms with Gasteiger partial charge in [-0.2, -0.15) is 0 Å². The van der Waals surface area contributed by atoms with Gasteiger partial charge in [-0.1, -0.05) is 0 Å². The summed E-state index contributed by atoms with van der Waals surface area (Å²) in [6.07, 6.45) is 2.17. The van der Waals surface area contributed by atoms with E-state index in [1.54, 1.807) is 0 Å². The third kappa shape index (κ3) is 1.14. The minimum Gasteiger partial charge on any atom is -0.122 e. The van der Waals surface area contributed by atoms with Crippen LogP contribution in [0.1, 0.15) is 0 Å². The van der Waals surface area contributed by atoms with Crippen LogP contribution in [0, 0.1) is 6.33 Å². The number of hydrogen-bond acceptors (Lipinski definition) is 9. The monoisotopic (exact) mass is 162 g/mol. The summed E-state index contributed by atoms with van der Waals surface area (Å²) in [5, 5.41) is 30.4. The highest BCUT2D eigenvalue weighted by atomic mass is 15.5. The van der Waals surface area contributed by atoms with Crippen LogP contribution in [0.15, 0.2) is 0 Å². The zero-order chi connectivity index (χ0) is 8.23. The van der Waals surface area contributed by atoms with Crippen molar-refractivity contribution in [3.63, 3.8) is 0 Å². The molecule has 2 aromatic rings. The zero-order valence-electron chi connectivity index (χ0n) is 5.52. The lowest BCUT2D eigenvalue weighted by molar-refractivity contribution is 0.676. The third-order valence-corrected chi connectivity index (χ3v) is 0.938. The summed E-state index contributed by atoms with van der Waals surface area (Å²) < 4.78 is 0. The Morgan fingerprint density at radius 1 is 0.667 bits per heavy atom. The fourth-order valence-corrected chi connectivity index (χ4v) is 0.521. The molecule has 2 aromatic heterocycles. The van der Waals surface area contributed by atoms with E-state index in [0.29, 0.717) is 0 Å². The maximum atomic E-state index is 3.54. The van der Waals surface area contributed by atoms with Crippen LogP contribution in [0.3, 0.4) is 0 Å². The van der Waals surface area contributed by atoms with Gasteiger partial charge < -0.3 is 0 Å². The molecule has 0 saturated carbocycles.